The molecule has 1 fully saturated rings. The number of ether oxygens (including phenoxy) is 1. The first-order chi connectivity index (χ1) is 13.4. The first-order valence-electron chi connectivity index (χ1n) is 9.13. The summed E-state index contributed by atoms with van der Waals surface area (Å²) >= 11 is 0. The lowest BCUT2D eigenvalue weighted by Crippen LogP contribution is -2.37. The molecule has 2 aromatic carbocycles. The summed E-state index contributed by atoms with van der Waals surface area (Å²) in [5.74, 6) is 0.448. The van der Waals surface area contributed by atoms with E-state index in [1.54, 1.807) is 35.2 Å². The second-order valence-electron chi connectivity index (χ2n) is 6.57. The number of hydrogen-bond donors (Lipinski definition) is 0. The molecule has 1 atom stereocenters. The van der Waals surface area contributed by atoms with Crippen LogP contribution >= 0.6 is 0 Å². The number of hydrogen-bond acceptors (Lipinski definition) is 5. The predicted molar refractivity (Wildman–Crippen MR) is 106 cm³/mol. The van der Waals surface area contributed by atoms with Gasteiger partial charge in [0.15, 0.2) is 11.5 Å². The van der Waals surface area contributed by atoms with Crippen molar-refractivity contribution in [3.05, 3.63) is 48.5 Å². The fraction of sp³-hybridized carbons (Fsp3) is 0.350. The normalized spacial score (nSPS) is 15.6. The highest BCUT2D eigenvalue weighted by Gasteiger charge is 2.32. The maximum absolute atomic E-state index is 12.6. The van der Waals surface area contributed by atoms with Gasteiger partial charge in [0, 0.05) is 24.8 Å². The van der Waals surface area contributed by atoms with E-state index in [0.717, 1.165) is 6.42 Å². The molecule has 8 heteroatoms. The van der Waals surface area contributed by atoms with Crippen LogP contribution in [0.25, 0.3) is 0 Å². The average molecular weight is 404 g/mol. The van der Waals surface area contributed by atoms with Gasteiger partial charge in [0.25, 0.3) is 0 Å². The Hall–Kier alpha value is -2.74. The molecule has 7 nitrogen and oxygen atoms in total. The number of nitrogens with zero attached hydrogens (tertiary/aromatic N) is 2. The fourth-order valence-corrected chi connectivity index (χ4v) is 4.01. The molecule has 0 N–H and O–H groups in total. The first-order valence-corrected chi connectivity index (χ1v) is 10.5. The van der Waals surface area contributed by atoms with Gasteiger partial charge in [0.2, 0.25) is 0 Å². The van der Waals surface area contributed by atoms with Crippen LogP contribution in [0.3, 0.4) is 0 Å². The lowest BCUT2D eigenvalue weighted by Gasteiger charge is -2.23. The molecule has 0 aliphatic carbocycles. The molecule has 2 amide bonds. The quantitative estimate of drug-likeness (QED) is 0.660. The van der Waals surface area contributed by atoms with Gasteiger partial charge in [-0.3, -0.25) is 4.90 Å². The minimum atomic E-state index is -4.02. The minimum absolute atomic E-state index is 0.00702. The largest absolute Gasteiger partial charge is 0.493 e. The zero-order valence-electron chi connectivity index (χ0n) is 16.2. The number of carbonyl (C=O) groups excluding carboxylic acids is 1. The second-order valence-corrected chi connectivity index (χ2v) is 8.11. The Balaban J connectivity index is 1.78. The highest BCUT2D eigenvalue weighted by molar-refractivity contribution is 7.87. The van der Waals surface area contributed by atoms with Crippen molar-refractivity contribution >= 4 is 21.8 Å². The summed E-state index contributed by atoms with van der Waals surface area (Å²) in [6.45, 7) is 5.30. The van der Waals surface area contributed by atoms with Crippen LogP contribution < -0.4 is 13.8 Å². The van der Waals surface area contributed by atoms with Crippen molar-refractivity contribution in [1.29, 1.82) is 0 Å². The highest BCUT2D eigenvalue weighted by Crippen LogP contribution is 2.30. The van der Waals surface area contributed by atoms with Gasteiger partial charge >= 0.3 is 16.1 Å². The van der Waals surface area contributed by atoms with Crippen molar-refractivity contribution in [2.75, 3.05) is 25.1 Å². The Morgan fingerprint density at radius 3 is 2.29 bits per heavy atom. The van der Waals surface area contributed by atoms with E-state index in [2.05, 4.69) is 0 Å². The molecule has 0 saturated carbocycles. The monoisotopic (exact) mass is 404 g/mol. The third-order valence-electron chi connectivity index (χ3n) is 4.87. The van der Waals surface area contributed by atoms with Gasteiger partial charge in [-0.2, -0.15) is 8.42 Å². The molecule has 2 aromatic rings. The Labute approximate surface area is 165 Å². The smallest absolute Gasteiger partial charge is 0.339 e. The van der Waals surface area contributed by atoms with Gasteiger partial charge in [0.1, 0.15) is 4.90 Å². The summed E-state index contributed by atoms with van der Waals surface area (Å²) < 4.78 is 35.5. The van der Waals surface area contributed by atoms with Crippen molar-refractivity contribution in [3.8, 4) is 11.5 Å². The summed E-state index contributed by atoms with van der Waals surface area (Å²) in [7, 11) is -2.58. The Morgan fingerprint density at radius 1 is 1.04 bits per heavy atom. The molecule has 1 aliphatic rings. The Morgan fingerprint density at radius 2 is 1.68 bits per heavy atom. The number of carbonyl (C=O) groups is 1. The number of para-hydroxylation sites is 2. The molecule has 28 heavy (non-hydrogen) atoms. The molecule has 0 spiro atoms. The van der Waals surface area contributed by atoms with E-state index >= 15 is 0 Å². The van der Waals surface area contributed by atoms with Gasteiger partial charge in [-0.1, -0.05) is 19.1 Å². The van der Waals surface area contributed by atoms with Gasteiger partial charge in [-0.15, -0.1) is 0 Å². The number of methoxy groups -OCH3 is 1. The SMILES string of the molecule is CCC(C)N1CCN(c2ccc(S(=O)(=O)Oc3ccccc3OC)cc2)C1=O. The molecule has 0 aromatic heterocycles. The Kier molecular flexibility index (Phi) is 5.79. The summed E-state index contributed by atoms with van der Waals surface area (Å²) in [6, 6.07) is 12.8. The average Bonchev–Trinajstić information content (AvgIpc) is 3.09. The van der Waals surface area contributed by atoms with Crippen LogP contribution in [-0.2, 0) is 10.1 Å². The summed E-state index contributed by atoms with van der Waals surface area (Å²) in [4.78, 5) is 16.1. The third-order valence-corrected chi connectivity index (χ3v) is 6.12. The molecular formula is C20H24N2O5S. The van der Waals surface area contributed by atoms with Crippen molar-refractivity contribution in [2.24, 2.45) is 0 Å². The van der Waals surface area contributed by atoms with Gasteiger partial charge in [-0.25, -0.2) is 4.79 Å². The molecule has 1 saturated heterocycles. The topological polar surface area (TPSA) is 76.2 Å². The molecule has 1 heterocycles. The van der Waals surface area contributed by atoms with E-state index in [9.17, 15) is 13.2 Å². The lowest BCUT2D eigenvalue weighted by atomic mass is 10.2. The van der Waals surface area contributed by atoms with E-state index in [-0.39, 0.29) is 22.7 Å². The summed E-state index contributed by atoms with van der Waals surface area (Å²) in [5, 5.41) is 0. The summed E-state index contributed by atoms with van der Waals surface area (Å²) in [6.07, 6.45) is 0.886. The predicted octanol–water partition coefficient (Wildman–Crippen LogP) is 3.50. The van der Waals surface area contributed by atoms with Crippen LogP contribution in [0.15, 0.2) is 53.4 Å². The van der Waals surface area contributed by atoms with E-state index in [4.69, 9.17) is 8.92 Å². The number of benzene rings is 2. The zero-order valence-corrected chi connectivity index (χ0v) is 17.0. The van der Waals surface area contributed by atoms with Crippen LogP contribution in [0.5, 0.6) is 11.5 Å². The van der Waals surface area contributed by atoms with Gasteiger partial charge < -0.3 is 13.8 Å². The van der Waals surface area contributed by atoms with Crippen LogP contribution in [0.2, 0.25) is 0 Å². The minimum Gasteiger partial charge on any atom is -0.493 e. The van der Waals surface area contributed by atoms with Crippen LogP contribution in [0.1, 0.15) is 20.3 Å². The second kappa shape index (κ2) is 8.10. The van der Waals surface area contributed by atoms with E-state index < -0.39 is 10.1 Å². The molecule has 3 rings (SSSR count). The van der Waals surface area contributed by atoms with Crippen LogP contribution in [-0.4, -0.2) is 45.6 Å². The fourth-order valence-electron chi connectivity index (χ4n) is 3.07. The molecule has 1 unspecified atom stereocenters. The van der Waals surface area contributed by atoms with E-state index in [0.29, 0.717) is 24.5 Å². The number of urea groups is 1. The van der Waals surface area contributed by atoms with Crippen molar-refractivity contribution < 1.29 is 22.1 Å². The van der Waals surface area contributed by atoms with Crippen molar-refractivity contribution in [2.45, 2.75) is 31.2 Å². The molecule has 150 valence electrons. The molecular weight excluding hydrogens is 380 g/mol. The lowest BCUT2D eigenvalue weighted by molar-refractivity contribution is 0.203. The van der Waals surface area contributed by atoms with E-state index in [1.165, 1.54) is 25.3 Å². The number of rotatable bonds is 7. The first kappa shape index (κ1) is 20.0. The van der Waals surface area contributed by atoms with Crippen LogP contribution in [0.4, 0.5) is 10.5 Å². The van der Waals surface area contributed by atoms with Crippen molar-refractivity contribution in [3.63, 3.8) is 0 Å². The Bertz CT molecular complexity index is 943. The van der Waals surface area contributed by atoms with Gasteiger partial charge in [0.05, 0.1) is 7.11 Å². The molecule has 1 aliphatic heterocycles. The maximum Gasteiger partial charge on any atom is 0.339 e. The highest BCUT2D eigenvalue weighted by atomic mass is 32.2. The maximum atomic E-state index is 12.6. The summed E-state index contributed by atoms with van der Waals surface area (Å²) in [5.41, 5.74) is 0.659. The van der Waals surface area contributed by atoms with E-state index in [1.807, 2.05) is 18.7 Å². The van der Waals surface area contributed by atoms with Crippen molar-refractivity contribution in [1.82, 2.24) is 4.90 Å². The van der Waals surface area contributed by atoms with Gasteiger partial charge in [-0.05, 0) is 49.7 Å². The number of amides is 2. The standard InChI is InChI=1S/C20H24N2O5S/c1-4-15(2)21-13-14-22(20(21)23)16-9-11-17(12-10-16)28(24,25)27-19-8-6-5-7-18(19)26-3/h5-12,15H,4,13-14H2,1-3H3. The zero-order chi connectivity index (χ0) is 20.3. The van der Waals surface area contributed by atoms with Crippen LogP contribution in [0, 0.1) is 0 Å². The number of anilines is 1. The third kappa shape index (κ3) is 3.91. The molecule has 0 radical (unpaired) electrons. The molecule has 0 bridgehead atoms.